The van der Waals surface area contributed by atoms with Crippen molar-refractivity contribution in [3.8, 4) is 5.75 Å². The molecule has 0 saturated heterocycles. The van der Waals surface area contributed by atoms with Gasteiger partial charge in [0.25, 0.3) is 5.56 Å². The monoisotopic (exact) mass is 237 g/mol. The SMILES string of the molecule is COc1cc(=O)c2cc(Cl)ccc2[nH]c1=O. The van der Waals surface area contributed by atoms with Crippen LogP contribution in [0.1, 0.15) is 0 Å². The maximum Gasteiger partial charge on any atom is 0.290 e. The summed E-state index contributed by atoms with van der Waals surface area (Å²) >= 11 is 5.79. The van der Waals surface area contributed by atoms with Crippen LogP contribution >= 0.6 is 11.6 Å². The molecule has 0 bridgehead atoms. The van der Waals surface area contributed by atoms with E-state index in [9.17, 15) is 9.59 Å². The Morgan fingerprint density at radius 1 is 1.25 bits per heavy atom. The van der Waals surface area contributed by atoms with Crippen LogP contribution < -0.4 is 15.7 Å². The van der Waals surface area contributed by atoms with Gasteiger partial charge in [0, 0.05) is 16.5 Å². The minimum Gasteiger partial charge on any atom is -0.491 e. The molecular formula is C11H8ClNO3. The number of rotatable bonds is 1. The topological polar surface area (TPSA) is 59.2 Å². The lowest BCUT2D eigenvalue weighted by Crippen LogP contribution is -2.05. The number of H-pyrrole nitrogens is 1. The zero-order valence-corrected chi connectivity index (χ0v) is 9.17. The van der Waals surface area contributed by atoms with Gasteiger partial charge in [0.2, 0.25) is 0 Å². The molecule has 1 N–H and O–H groups in total. The first-order valence-electron chi connectivity index (χ1n) is 4.52. The summed E-state index contributed by atoms with van der Waals surface area (Å²) in [7, 11) is 1.33. The van der Waals surface area contributed by atoms with Crippen LogP contribution in [0, 0.1) is 0 Å². The van der Waals surface area contributed by atoms with Gasteiger partial charge in [-0.05, 0) is 18.2 Å². The second kappa shape index (κ2) is 3.98. The van der Waals surface area contributed by atoms with Crippen LogP contribution in [0.4, 0.5) is 0 Å². The van der Waals surface area contributed by atoms with E-state index in [1.54, 1.807) is 12.1 Å². The highest BCUT2D eigenvalue weighted by atomic mass is 35.5. The third-order valence-corrected chi connectivity index (χ3v) is 2.44. The highest BCUT2D eigenvalue weighted by Gasteiger charge is 2.03. The molecule has 2 aromatic rings. The van der Waals surface area contributed by atoms with Crippen molar-refractivity contribution >= 4 is 22.5 Å². The molecule has 16 heavy (non-hydrogen) atoms. The van der Waals surface area contributed by atoms with Gasteiger partial charge < -0.3 is 9.72 Å². The summed E-state index contributed by atoms with van der Waals surface area (Å²) in [6.45, 7) is 0. The maximum absolute atomic E-state index is 11.8. The highest BCUT2D eigenvalue weighted by molar-refractivity contribution is 6.31. The van der Waals surface area contributed by atoms with Crippen molar-refractivity contribution in [2.45, 2.75) is 0 Å². The Morgan fingerprint density at radius 2 is 2.00 bits per heavy atom. The second-order valence-corrected chi connectivity index (χ2v) is 3.66. The summed E-state index contributed by atoms with van der Waals surface area (Å²) in [5, 5.41) is 0.795. The van der Waals surface area contributed by atoms with E-state index in [1.165, 1.54) is 13.2 Å². The fourth-order valence-electron chi connectivity index (χ4n) is 1.43. The molecule has 0 aliphatic carbocycles. The smallest absolute Gasteiger partial charge is 0.290 e. The normalized spacial score (nSPS) is 10.4. The van der Waals surface area contributed by atoms with Gasteiger partial charge in [-0.25, -0.2) is 0 Å². The van der Waals surface area contributed by atoms with E-state index in [0.717, 1.165) is 6.07 Å². The van der Waals surface area contributed by atoms with Crippen LogP contribution in [-0.4, -0.2) is 12.1 Å². The van der Waals surface area contributed by atoms with Crippen molar-refractivity contribution in [2.75, 3.05) is 7.11 Å². The zero-order chi connectivity index (χ0) is 11.7. The molecule has 0 radical (unpaired) electrons. The maximum atomic E-state index is 11.8. The first kappa shape index (κ1) is 10.7. The van der Waals surface area contributed by atoms with Gasteiger partial charge in [0.1, 0.15) is 0 Å². The quantitative estimate of drug-likeness (QED) is 0.819. The molecule has 0 fully saturated rings. The van der Waals surface area contributed by atoms with Crippen LogP contribution in [0.3, 0.4) is 0 Å². The molecule has 82 valence electrons. The molecule has 0 aliphatic heterocycles. The number of hydrogen-bond donors (Lipinski definition) is 1. The molecule has 1 aromatic carbocycles. The molecule has 4 nitrogen and oxygen atoms in total. The van der Waals surface area contributed by atoms with Crippen LogP contribution in [-0.2, 0) is 0 Å². The number of nitrogens with one attached hydrogen (secondary N) is 1. The van der Waals surface area contributed by atoms with Crippen molar-refractivity contribution in [2.24, 2.45) is 0 Å². The molecule has 2 rings (SSSR count). The average molecular weight is 238 g/mol. The number of methoxy groups -OCH3 is 1. The predicted octanol–water partition coefficient (Wildman–Crippen LogP) is 1.55. The summed E-state index contributed by atoms with van der Waals surface area (Å²) in [6.07, 6.45) is 0. The lowest BCUT2D eigenvalue weighted by molar-refractivity contribution is 0.409. The summed E-state index contributed by atoms with van der Waals surface area (Å²) in [4.78, 5) is 25.9. The Labute approximate surface area is 95.4 Å². The molecule has 0 aliphatic rings. The molecule has 0 saturated carbocycles. The van der Waals surface area contributed by atoms with Gasteiger partial charge >= 0.3 is 0 Å². The van der Waals surface area contributed by atoms with Gasteiger partial charge in [0.05, 0.1) is 12.6 Å². The second-order valence-electron chi connectivity index (χ2n) is 3.22. The summed E-state index contributed by atoms with van der Waals surface area (Å²) in [5.74, 6) is -0.0164. The molecule has 0 unspecified atom stereocenters. The Kier molecular flexibility index (Phi) is 2.66. The van der Waals surface area contributed by atoms with Crippen molar-refractivity contribution in [1.29, 1.82) is 0 Å². The van der Waals surface area contributed by atoms with E-state index in [0.29, 0.717) is 15.9 Å². The molecular weight excluding hydrogens is 230 g/mol. The molecule has 1 aromatic heterocycles. The zero-order valence-electron chi connectivity index (χ0n) is 8.41. The van der Waals surface area contributed by atoms with Gasteiger partial charge in [-0.15, -0.1) is 0 Å². The number of hydrogen-bond acceptors (Lipinski definition) is 3. The highest BCUT2D eigenvalue weighted by Crippen LogP contribution is 2.13. The first-order chi connectivity index (χ1) is 7.61. The fourth-order valence-corrected chi connectivity index (χ4v) is 1.60. The van der Waals surface area contributed by atoms with Gasteiger partial charge in [-0.3, -0.25) is 9.59 Å². The summed E-state index contributed by atoms with van der Waals surface area (Å²) in [6, 6.07) is 5.84. The Hall–Kier alpha value is -1.81. The summed E-state index contributed by atoms with van der Waals surface area (Å²) < 4.78 is 4.81. The number of aromatic nitrogens is 1. The minimum absolute atomic E-state index is 0.0164. The van der Waals surface area contributed by atoms with Crippen molar-refractivity contribution in [3.05, 3.63) is 49.9 Å². The van der Waals surface area contributed by atoms with Crippen LogP contribution in [0.5, 0.6) is 5.75 Å². The lowest BCUT2D eigenvalue weighted by Gasteiger charge is -1.91. The van der Waals surface area contributed by atoms with Crippen LogP contribution in [0.2, 0.25) is 5.02 Å². The molecule has 0 spiro atoms. The summed E-state index contributed by atoms with van der Waals surface area (Å²) in [5.41, 5.74) is -0.327. The number of ether oxygens (including phenoxy) is 1. The molecule has 0 atom stereocenters. The number of fused-ring (bicyclic) bond motifs is 1. The third kappa shape index (κ3) is 1.79. The lowest BCUT2D eigenvalue weighted by atomic mass is 10.2. The van der Waals surface area contributed by atoms with Gasteiger partial charge in [-0.1, -0.05) is 11.6 Å². The van der Waals surface area contributed by atoms with E-state index < -0.39 is 5.56 Å². The Bertz CT molecular complexity index is 663. The first-order valence-corrected chi connectivity index (χ1v) is 4.90. The molecule has 5 heteroatoms. The van der Waals surface area contributed by atoms with Crippen LogP contribution in [0.15, 0.2) is 33.9 Å². The fraction of sp³-hybridized carbons (Fsp3) is 0.0909. The van der Waals surface area contributed by atoms with Crippen molar-refractivity contribution < 1.29 is 4.74 Å². The van der Waals surface area contributed by atoms with Crippen molar-refractivity contribution in [1.82, 2.24) is 4.98 Å². The molecule has 1 heterocycles. The van der Waals surface area contributed by atoms with Gasteiger partial charge in [0.15, 0.2) is 11.2 Å². The average Bonchev–Trinajstić information content (AvgIpc) is 2.37. The standard InChI is InChI=1S/C11H8ClNO3/c1-16-10-5-9(14)7-4-6(12)2-3-8(7)13-11(10)15/h2-5H,1H3,(H,13,15). The minimum atomic E-state index is -0.447. The number of halogens is 1. The molecule has 0 amide bonds. The van der Waals surface area contributed by atoms with Crippen molar-refractivity contribution in [3.63, 3.8) is 0 Å². The van der Waals surface area contributed by atoms with Gasteiger partial charge in [-0.2, -0.15) is 0 Å². The number of aromatic amines is 1. The third-order valence-electron chi connectivity index (χ3n) is 2.20. The predicted molar refractivity (Wildman–Crippen MR) is 62.4 cm³/mol. The van der Waals surface area contributed by atoms with Crippen LogP contribution in [0.25, 0.3) is 10.9 Å². The Balaban J connectivity index is 3.01. The Morgan fingerprint density at radius 3 is 2.69 bits per heavy atom. The van der Waals surface area contributed by atoms with E-state index in [2.05, 4.69) is 4.98 Å². The van der Waals surface area contributed by atoms with E-state index >= 15 is 0 Å². The van der Waals surface area contributed by atoms with E-state index in [-0.39, 0.29) is 11.2 Å². The van der Waals surface area contributed by atoms with E-state index in [4.69, 9.17) is 16.3 Å². The number of benzene rings is 1. The largest absolute Gasteiger partial charge is 0.491 e. The van der Waals surface area contributed by atoms with E-state index in [1.807, 2.05) is 0 Å².